The molecule has 0 aromatic carbocycles. The maximum Gasteiger partial charge on any atom is 0.220 e. The predicted octanol–water partition coefficient (Wildman–Crippen LogP) is 4.04. The minimum atomic E-state index is -1.97. The molecule has 17 unspecified atom stereocenters. The van der Waals surface area contributed by atoms with Crippen molar-refractivity contribution in [2.75, 3.05) is 26.4 Å². The third-order valence-corrected chi connectivity index (χ3v) is 14.9. The van der Waals surface area contributed by atoms with Crippen LogP contribution < -0.4 is 5.32 Å². The molecule has 3 heterocycles. The number of aliphatic hydroxyl groups excluding tert-OH is 11. The van der Waals surface area contributed by atoms with Crippen LogP contribution in [0.3, 0.4) is 0 Å². The molecule has 17 atom stereocenters. The number of rotatable bonds is 42. The monoisotopic (exact) mass is 1050 g/mol. The van der Waals surface area contributed by atoms with Gasteiger partial charge in [-0.05, 0) is 12.8 Å². The van der Waals surface area contributed by atoms with Crippen molar-refractivity contribution in [2.24, 2.45) is 0 Å². The highest BCUT2D eigenvalue weighted by Gasteiger charge is 2.53. The Labute approximate surface area is 436 Å². The first-order valence-corrected chi connectivity index (χ1v) is 28.8. The standard InChI is InChI=1S/C54H103NO18/c1-3-5-7-9-11-12-13-14-15-16-17-18-19-20-21-22-23-24-26-28-30-32-42(60)55-37(38(59)31-29-27-25-10-8-6-4-2)36-68-52-48(66)45(63)50(40(34-57)70-52)73-54-49(67)46(64)51(41(35-58)71-54)72-53-47(65)44(62)43(61)39(33-56)69-53/h37-41,43-54,56-59,61-67H,3-36H2,1-2H3,(H,55,60). The molecule has 3 aliphatic rings. The molecule has 3 fully saturated rings. The number of carbonyl (C=O) groups is 1. The second-order valence-electron chi connectivity index (χ2n) is 21.1. The van der Waals surface area contributed by atoms with E-state index in [4.69, 9.17) is 28.4 Å². The molecule has 19 heteroatoms. The van der Waals surface area contributed by atoms with Crippen LogP contribution in [0.1, 0.15) is 206 Å². The van der Waals surface area contributed by atoms with Gasteiger partial charge in [0.25, 0.3) is 0 Å². The van der Waals surface area contributed by atoms with Crippen molar-refractivity contribution in [2.45, 2.75) is 311 Å². The van der Waals surface area contributed by atoms with Crippen LogP contribution >= 0.6 is 0 Å². The highest BCUT2D eigenvalue weighted by Crippen LogP contribution is 2.33. The van der Waals surface area contributed by atoms with Crippen LogP contribution in [0.5, 0.6) is 0 Å². The largest absolute Gasteiger partial charge is 0.394 e. The summed E-state index contributed by atoms with van der Waals surface area (Å²) in [4.78, 5) is 13.2. The van der Waals surface area contributed by atoms with Crippen molar-refractivity contribution < 1.29 is 89.4 Å². The minimum Gasteiger partial charge on any atom is -0.394 e. The SMILES string of the molecule is CCCCCCCCCCCCCCCCCCCCCCCC(=O)NC(COC1OC(CO)C(OC2OC(CO)C(OC3OC(CO)C(O)C(O)C3O)C(O)C2O)C(O)C1O)C(O)CCCCCCCCC. The molecule has 3 aliphatic heterocycles. The summed E-state index contributed by atoms with van der Waals surface area (Å²) in [6.07, 6.45) is 8.13. The summed E-state index contributed by atoms with van der Waals surface area (Å²) in [5, 5.41) is 120. The fraction of sp³-hybridized carbons (Fsp3) is 0.981. The van der Waals surface area contributed by atoms with Gasteiger partial charge >= 0.3 is 0 Å². The smallest absolute Gasteiger partial charge is 0.220 e. The lowest BCUT2D eigenvalue weighted by Crippen LogP contribution is -2.66. The van der Waals surface area contributed by atoms with Gasteiger partial charge in [0.1, 0.15) is 73.2 Å². The van der Waals surface area contributed by atoms with Crippen molar-refractivity contribution in [3.05, 3.63) is 0 Å². The van der Waals surface area contributed by atoms with Crippen molar-refractivity contribution in [3.8, 4) is 0 Å². The van der Waals surface area contributed by atoms with Gasteiger partial charge < -0.3 is 89.9 Å². The van der Waals surface area contributed by atoms with E-state index >= 15 is 0 Å². The number of hydrogen-bond acceptors (Lipinski definition) is 18. The van der Waals surface area contributed by atoms with Gasteiger partial charge in [-0.1, -0.05) is 187 Å². The van der Waals surface area contributed by atoms with Gasteiger partial charge in [-0.2, -0.15) is 0 Å². The fourth-order valence-corrected chi connectivity index (χ4v) is 10.1. The van der Waals surface area contributed by atoms with Crippen LogP contribution in [0.2, 0.25) is 0 Å². The lowest BCUT2D eigenvalue weighted by Gasteiger charge is -2.48. The van der Waals surface area contributed by atoms with Gasteiger partial charge in [-0.25, -0.2) is 0 Å². The molecule has 1 amide bonds. The maximum absolute atomic E-state index is 13.2. The van der Waals surface area contributed by atoms with Gasteiger partial charge in [-0.15, -0.1) is 0 Å². The lowest BCUT2D eigenvalue weighted by atomic mass is 9.96. The van der Waals surface area contributed by atoms with Gasteiger partial charge in [0.05, 0.1) is 38.6 Å². The second-order valence-corrected chi connectivity index (χ2v) is 21.1. The van der Waals surface area contributed by atoms with E-state index in [1.807, 2.05) is 0 Å². The van der Waals surface area contributed by atoms with E-state index in [2.05, 4.69) is 19.2 Å². The molecular weight excluding hydrogens is 951 g/mol. The number of carbonyl (C=O) groups excluding carboxylic acids is 1. The molecule has 0 saturated carbocycles. The van der Waals surface area contributed by atoms with Crippen LogP contribution in [-0.2, 0) is 33.2 Å². The third kappa shape index (κ3) is 24.1. The molecule has 3 rings (SSSR count). The van der Waals surface area contributed by atoms with E-state index in [9.17, 15) is 61.0 Å². The van der Waals surface area contributed by atoms with Crippen LogP contribution in [0.25, 0.3) is 0 Å². The summed E-state index contributed by atoms with van der Waals surface area (Å²) in [5.41, 5.74) is 0. The average molecular weight is 1050 g/mol. The quantitative estimate of drug-likeness (QED) is 0.0384. The van der Waals surface area contributed by atoms with E-state index in [1.54, 1.807) is 0 Å². The zero-order chi connectivity index (χ0) is 53.4. The molecule has 0 radical (unpaired) electrons. The molecule has 0 aliphatic carbocycles. The normalized spacial score (nSPS) is 31.7. The van der Waals surface area contributed by atoms with Crippen molar-refractivity contribution in [3.63, 3.8) is 0 Å². The van der Waals surface area contributed by atoms with E-state index in [1.165, 1.54) is 116 Å². The van der Waals surface area contributed by atoms with Crippen LogP contribution in [0.15, 0.2) is 0 Å². The average Bonchev–Trinajstić information content (AvgIpc) is 3.39. The molecule has 3 saturated heterocycles. The van der Waals surface area contributed by atoms with Gasteiger partial charge in [0, 0.05) is 6.42 Å². The van der Waals surface area contributed by atoms with E-state index in [0.717, 1.165) is 57.8 Å². The molecule has 0 spiro atoms. The van der Waals surface area contributed by atoms with Crippen LogP contribution in [0, 0.1) is 0 Å². The first-order chi connectivity index (χ1) is 35.3. The molecule has 0 bridgehead atoms. The summed E-state index contributed by atoms with van der Waals surface area (Å²) in [7, 11) is 0. The fourth-order valence-electron chi connectivity index (χ4n) is 10.1. The Balaban J connectivity index is 1.43. The number of nitrogens with one attached hydrogen (secondary N) is 1. The lowest BCUT2D eigenvalue weighted by molar-refractivity contribution is -0.379. The Hall–Kier alpha value is -1.21. The molecule has 0 aromatic rings. The first-order valence-electron chi connectivity index (χ1n) is 28.8. The molecule has 73 heavy (non-hydrogen) atoms. The summed E-state index contributed by atoms with van der Waals surface area (Å²) < 4.78 is 34.2. The number of amides is 1. The van der Waals surface area contributed by atoms with Crippen molar-refractivity contribution in [1.29, 1.82) is 0 Å². The van der Waals surface area contributed by atoms with Gasteiger partial charge in [0.2, 0.25) is 5.91 Å². The van der Waals surface area contributed by atoms with Crippen LogP contribution in [0.4, 0.5) is 0 Å². The minimum absolute atomic E-state index is 0.243. The summed E-state index contributed by atoms with van der Waals surface area (Å²) in [6, 6.07) is -0.877. The highest BCUT2D eigenvalue weighted by molar-refractivity contribution is 5.76. The van der Waals surface area contributed by atoms with Gasteiger partial charge in [0.15, 0.2) is 18.9 Å². The number of ether oxygens (including phenoxy) is 6. The second kappa shape index (κ2) is 39.2. The summed E-state index contributed by atoms with van der Waals surface area (Å²) in [5.74, 6) is -0.243. The predicted molar refractivity (Wildman–Crippen MR) is 273 cm³/mol. The molecule has 19 nitrogen and oxygen atoms in total. The summed E-state index contributed by atoms with van der Waals surface area (Å²) in [6.45, 7) is 1.73. The molecule has 0 aromatic heterocycles. The maximum atomic E-state index is 13.2. The van der Waals surface area contributed by atoms with Crippen LogP contribution in [-0.4, -0.2) is 193 Å². The first kappa shape index (κ1) is 66.1. The number of unbranched alkanes of at least 4 members (excludes halogenated alkanes) is 26. The molecular formula is C54H103NO18. The Morgan fingerprint density at radius 3 is 1.19 bits per heavy atom. The van der Waals surface area contributed by atoms with E-state index in [-0.39, 0.29) is 18.9 Å². The van der Waals surface area contributed by atoms with E-state index in [0.29, 0.717) is 12.8 Å². The molecule has 12 N–H and O–H groups in total. The zero-order valence-electron chi connectivity index (χ0n) is 44.6. The Morgan fingerprint density at radius 1 is 0.438 bits per heavy atom. The van der Waals surface area contributed by atoms with E-state index < -0.39 is 124 Å². The zero-order valence-corrected chi connectivity index (χ0v) is 44.6. The Kier molecular flexibility index (Phi) is 35.5. The number of hydrogen-bond donors (Lipinski definition) is 12. The van der Waals surface area contributed by atoms with Crippen molar-refractivity contribution >= 4 is 5.91 Å². The van der Waals surface area contributed by atoms with Gasteiger partial charge in [-0.3, -0.25) is 4.79 Å². The van der Waals surface area contributed by atoms with Crippen molar-refractivity contribution in [1.82, 2.24) is 5.32 Å². The molecule has 432 valence electrons. The number of aliphatic hydroxyl groups is 11. The third-order valence-electron chi connectivity index (χ3n) is 14.9. The topological polar surface area (TPSA) is 307 Å². The highest BCUT2D eigenvalue weighted by atomic mass is 16.8. The summed E-state index contributed by atoms with van der Waals surface area (Å²) >= 11 is 0. The Bertz CT molecular complexity index is 1350. The Morgan fingerprint density at radius 2 is 0.781 bits per heavy atom.